The van der Waals surface area contributed by atoms with Crippen LogP contribution >= 0.6 is 11.8 Å². The number of aryl methyl sites for hydroxylation is 1. The van der Waals surface area contributed by atoms with Crippen LogP contribution in [0.4, 0.5) is 11.4 Å². The zero-order valence-electron chi connectivity index (χ0n) is 16.6. The van der Waals surface area contributed by atoms with Gasteiger partial charge in [-0.2, -0.15) is 0 Å². The lowest BCUT2D eigenvalue weighted by Gasteiger charge is -2.26. The van der Waals surface area contributed by atoms with Gasteiger partial charge in [0.1, 0.15) is 16.9 Å². The minimum Gasteiger partial charge on any atom is -0.437 e. The molecule has 2 heterocycles. The number of thioether (sulfide) groups is 1. The van der Waals surface area contributed by atoms with E-state index >= 15 is 0 Å². The lowest BCUT2D eigenvalue weighted by Crippen LogP contribution is -2.32. The van der Waals surface area contributed by atoms with Gasteiger partial charge in [0.15, 0.2) is 0 Å². The van der Waals surface area contributed by atoms with E-state index in [0.717, 1.165) is 22.7 Å². The highest BCUT2D eigenvalue weighted by Crippen LogP contribution is 2.48. The second kappa shape index (κ2) is 7.15. The summed E-state index contributed by atoms with van der Waals surface area (Å²) in [7, 11) is 0. The van der Waals surface area contributed by atoms with Crippen molar-refractivity contribution in [3.8, 4) is 11.6 Å². The minimum absolute atomic E-state index is 0.0322. The molecule has 2 N–H and O–H groups in total. The van der Waals surface area contributed by atoms with Gasteiger partial charge >= 0.3 is 0 Å². The second-order valence-electron chi connectivity index (χ2n) is 8.03. The summed E-state index contributed by atoms with van der Waals surface area (Å²) in [4.78, 5) is 7.81. The first-order chi connectivity index (χ1) is 13.3. The summed E-state index contributed by atoms with van der Waals surface area (Å²) in [5.41, 5.74) is 10.5. The van der Waals surface area contributed by atoms with E-state index in [1.807, 2.05) is 30.3 Å². The standard InChI is InChI=1S/C23H25N3OS/c1-15-11-12-17-20(14-15)28-22(24)26(17)18-9-7-13-25-21(18)27-19-10-6-5-8-16(19)23(2,3)4/h5-14,22H,24H2,1-4H3. The van der Waals surface area contributed by atoms with Crippen LogP contribution in [-0.4, -0.2) is 10.5 Å². The number of pyridine rings is 1. The van der Waals surface area contributed by atoms with Crippen LogP contribution in [0, 0.1) is 6.92 Å². The highest BCUT2D eigenvalue weighted by molar-refractivity contribution is 8.00. The fraction of sp³-hybridized carbons (Fsp3) is 0.261. The number of fused-ring (bicyclic) bond motifs is 1. The molecule has 0 aliphatic carbocycles. The molecule has 0 fully saturated rings. The lowest BCUT2D eigenvalue weighted by atomic mass is 9.86. The van der Waals surface area contributed by atoms with Gasteiger partial charge < -0.3 is 15.4 Å². The monoisotopic (exact) mass is 391 g/mol. The number of ether oxygens (including phenoxy) is 1. The predicted octanol–water partition coefficient (Wildman–Crippen LogP) is 5.97. The van der Waals surface area contributed by atoms with Crippen LogP contribution in [0.1, 0.15) is 31.9 Å². The number of aromatic nitrogens is 1. The number of rotatable bonds is 3. The number of nitrogens with two attached hydrogens (primary N) is 1. The van der Waals surface area contributed by atoms with Crippen LogP contribution in [0.2, 0.25) is 0 Å². The Labute approximate surface area is 170 Å². The molecule has 0 amide bonds. The van der Waals surface area contributed by atoms with Crippen molar-refractivity contribution in [2.24, 2.45) is 5.73 Å². The number of hydrogen-bond acceptors (Lipinski definition) is 5. The highest BCUT2D eigenvalue weighted by atomic mass is 32.2. The molecular weight excluding hydrogens is 366 g/mol. The Morgan fingerprint density at radius 2 is 1.82 bits per heavy atom. The van der Waals surface area contributed by atoms with Gasteiger partial charge in [0.2, 0.25) is 5.88 Å². The summed E-state index contributed by atoms with van der Waals surface area (Å²) in [5, 5.41) is 0. The Bertz CT molecular complexity index is 1010. The van der Waals surface area contributed by atoms with Crippen LogP contribution in [0.25, 0.3) is 0 Å². The van der Waals surface area contributed by atoms with Crippen molar-refractivity contribution < 1.29 is 4.74 Å². The van der Waals surface area contributed by atoms with E-state index in [0.29, 0.717) is 5.88 Å². The van der Waals surface area contributed by atoms with Crippen LogP contribution in [0.5, 0.6) is 11.6 Å². The molecule has 1 aliphatic heterocycles. The summed E-state index contributed by atoms with van der Waals surface area (Å²) in [6.07, 6.45) is 1.75. The zero-order chi connectivity index (χ0) is 19.9. The molecule has 144 valence electrons. The largest absolute Gasteiger partial charge is 0.437 e. The SMILES string of the molecule is Cc1ccc2c(c1)SC(N)N2c1cccnc1Oc1ccccc1C(C)(C)C. The Morgan fingerprint density at radius 1 is 1.04 bits per heavy atom. The average molecular weight is 392 g/mol. The number of anilines is 2. The summed E-state index contributed by atoms with van der Waals surface area (Å²) in [5.74, 6) is 1.38. The van der Waals surface area contributed by atoms with E-state index < -0.39 is 0 Å². The third-order valence-electron chi connectivity index (χ3n) is 4.79. The van der Waals surface area contributed by atoms with Gasteiger partial charge in [-0.15, -0.1) is 0 Å². The van der Waals surface area contributed by atoms with Gasteiger partial charge in [-0.3, -0.25) is 0 Å². The Hall–Kier alpha value is -2.50. The summed E-state index contributed by atoms with van der Waals surface area (Å²) in [6.45, 7) is 8.64. The first-order valence-corrected chi connectivity index (χ1v) is 10.3. The first kappa shape index (κ1) is 18.8. The van der Waals surface area contributed by atoms with Crippen LogP contribution in [0.3, 0.4) is 0 Å². The van der Waals surface area contributed by atoms with E-state index in [9.17, 15) is 0 Å². The smallest absolute Gasteiger partial charge is 0.243 e. The molecule has 1 aromatic heterocycles. The predicted molar refractivity (Wildman–Crippen MR) is 117 cm³/mol. The van der Waals surface area contributed by atoms with Gasteiger partial charge in [0, 0.05) is 16.7 Å². The Morgan fingerprint density at radius 3 is 2.61 bits per heavy atom. The molecule has 1 aliphatic rings. The molecule has 4 nitrogen and oxygen atoms in total. The third kappa shape index (κ3) is 3.48. The number of nitrogens with zero attached hydrogens (tertiary/aromatic N) is 2. The molecule has 0 radical (unpaired) electrons. The Balaban J connectivity index is 1.76. The molecule has 5 heteroatoms. The van der Waals surface area contributed by atoms with Crippen molar-refractivity contribution >= 4 is 23.1 Å². The number of benzene rings is 2. The maximum absolute atomic E-state index is 6.48. The van der Waals surface area contributed by atoms with E-state index in [4.69, 9.17) is 10.5 Å². The molecule has 1 unspecified atom stereocenters. The molecule has 0 spiro atoms. The van der Waals surface area contributed by atoms with Crippen LogP contribution < -0.4 is 15.4 Å². The van der Waals surface area contributed by atoms with Gasteiger partial charge in [-0.05, 0) is 48.2 Å². The molecular formula is C23H25N3OS. The molecule has 1 atom stereocenters. The molecule has 28 heavy (non-hydrogen) atoms. The van der Waals surface area contributed by atoms with Crippen molar-refractivity contribution in [1.82, 2.24) is 4.98 Å². The average Bonchev–Trinajstić information content (AvgIpc) is 2.96. The topological polar surface area (TPSA) is 51.4 Å². The number of para-hydroxylation sites is 1. The first-order valence-electron chi connectivity index (χ1n) is 9.39. The van der Waals surface area contributed by atoms with Crippen molar-refractivity contribution in [3.63, 3.8) is 0 Å². The maximum atomic E-state index is 6.48. The van der Waals surface area contributed by atoms with Crippen molar-refractivity contribution in [2.75, 3.05) is 4.90 Å². The molecule has 0 bridgehead atoms. The maximum Gasteiger partial charge on any atom is 0.243 e. The van der Waals surface area contributed by atoms with Crippen molar-refractivity contribution in [1.29, 1.82) is 0 Å². The molecule has 0 saturated carbocycles. The summed E-state index contributed by atoms with van der Waals surface area (Å²) >= 11 is 1.65. The second-order valence-corrected chi connectivity index (χ2v) is 9.18. The van der Waals surface area contributed by atoms with Gasteiger partial charge in [0.25, 0.3) is 0 Å². The minimum atomic E-state index is -0.221. The quantitative estimate of drug-likeness (QED) is 0.596. The fourth-order valence-electron chi connectivity index (χ4n) is 3.43. The fourth-order valence-corrected chi connectivity index (χ4v) is 4.56. The van der Waals surface area contributed by atoms with Gasteiger partial charge in [0.05, 0.1) is 5.69 Å². The van der Waals surface area contributed by atoms with Crippen molar-refractivity contribution in [2.45, 2.75) is 43.5 Å². The molecule has 2 aromatic carbocycles. The molecule has 3 aromatic rings. The van der Waals surface area contributed by atoms with E-state index in [1.165, 1.54) is 10.5 Å². The lowest BCUT2D eigenvalue weighted by molar-refractivity contribution is 0.440. The summed E-state index contributed by atoms with van der Waals surface area (Å²) in [6, 6.07) is 18.5. The Kier molecular flexibility index (Phi) is 4.81. The molecule has 0 saturated heterocycles. The van der Waals surface area contributed by atoms with E-state index in [1.54, 1.807) is 18.0 Å². The normalized spacial score (nSPS) is 16.2. The summed E-state index contributed by atoms with van der Waals surface area (Å²) < 4.78 is 6.35. The van der Waals surface area contributed by atoms with E-state index in [-0.39, 0.29) is 10.9 Å². The zero-order valence-corrected chi connectivity index (χ0v) is 17.5. The van der Waals surface area contributed by atoms with Crippen molar-refractivity contribution in [3.05, 3.63) is 71.9 Å². The van der Waals surface area contributed by atoms with Crippen LogP contribution in [0.15, 0.2) is 65.7 Å². The van der Waals surface area contributed by atoms with E-state index in [2.05, 4.69) is 61.8 Å². The third-order valence-corrected chi connectivity index (χ3v) is 5.82. The number of hydrogen-bond donors (Lipinski definition) is 1. The molecule has 4 rings (SSSR count). The highest BCUT2D eigenvalue weighted by Gasteiger charge is 2.31. The van der Waals surface area contributed by atoms with Crippen LogP contribution in [-0.2, 0) is 5.41 Å². The van der Waals surface area contributed by atoms with Gasteiger partial charge in [-0.25, -0.2) is 4.98 Å². The van der Waals surface area contributed by atoms with Gasteiger partial charge in [-0.1, -0.05) is 56.8 Å².